The van der Waals surface area contributed by atoms with E-state index in [1.165, 1.54) is 32.4 Å². The topological polar surface area (TPSA) is 35.5 Å². The Kier molecular flexibility index (Phi) is 4.83. The largest absolute Gasteiger partial charge is 0.393 e. The summed E-state index contributed by atoms with van der Waals surface area (Å²) in [4.78, 5) is 2.53. The molecule has 2 N–H and O–H groups in total. The first kappa shape index (κ1) is 13.3. The maximum atomic E-state index is 10.1. The van der Waals surface area contributed by atoms with Gasteiger partial charge in [0.15, 0.2) is 0 Å². The molecule has 0 aromatic rings. The number of nitrogens with zero attached hydrogens (tertiary/aromatic N) is 1. The molecular weight excluding hydrogens is 212 g/mol. The molecule has 3 nitrogen and oxygen atoms in total. The number of hydrogen-bond donors (Lipinski definition) is 2. The van der Waals surface area contributed by atoms with Crippen LogP contribution in [0.2, 0.25) is 0 Å². The molecule has 17 heavy (non-hydrogen) atoms. The van der Waals surface area contributed by atoms with Crippen LogP contribution in [-0.2, 0) is 0 Å². The van der Waals surface area contributed by atoms with Gasteiger partial charge in [-0.15, -0.1) is 0 Å². The summed E-state index contributed by atoms with van der Waals surface area (Å²) >= 11 is 0. The van der Waals surface area contributed by atoms with Gasteiger partial charge < -0.3 is 15.3 Å². The zero-order chi connectivity index (χ0) is 12.3. The molecule has 2 rings (SSSR count). The minimum absolute atomic E-state index is 0.0286. The molecule has 1 aliphatic carbocycles. The summed E-state index contributed by atoms with van der Waals surface area (Å²) in [5.41, 5.74) is 0. The van der Waals surface area contributed by atoms with Gasteiger partial charge in [-0.2, -0.15) is 0 Å². The van der Waals surface area contributed by atoms with Gasteiger partial charge in [0, 0.05) is 19.1 Å². The zero-order valence-electron chi connectivity index (χ0n) is 11.4. The van der Waals surface area contributed by atoms with Crippen molar-refractivity contribution in [2.45, 2.75) is 51.7 Å². The van der Waals surface area contributed by atoms with Crippen LogP contribution in [0.4, 0.5) is 0 Å². The van der Waals surface area contributed by atoms with Crippen LogP contribution in [0.1, 0.15) is 39.5 Å². The third kappa shape index (κ3) is 3.94. The van der Waals surface area contributed by atoms with E-state index in [1.54, 1.807) is 0 Å². The van der Waals surface area contributed by atoms with Crippen LogP contribution in [0.3, 0.4) is 0 Å². The van der Waals surface area contributed by atoms with E-state index < -0.39 is 0 Å². The molecule has 0 aromatic carbocycles. The molecule has 0 amide bonds. The van der Waals surface area contributed by atoms with Crippen molar-refractivity contribution in [1.82, 2.24) is 10.2 Å². The third-order valence-electron chi connectivity index (χ3n) is 4.29. The maximum Gasteiger partial charge on any atom is 0.0571 e. The molecule has 0 bridgehead atoms. The molecule has 3 heteroatoms. The molecule has 1 saturated heterocycles. The van der Waals surface area contributed by atoms with Gasteiger partial charge in [-0.3, -0.25) is 0 Å². The lowest BCUT2D eigenvalue weighted by Crippen LogP contribution is -2.49. The monoisotopic (exact) mass is 240 g/mol. The minimum Gasteiger partial charge on any atom is -0.393 e. The van der Waals surface area contributed by atoms with E-state index in [-0.39, 0.29) is 6.10 Å². The van der Waals surface area contributed by atoms with Crippen LogP contribution in [-0.4, -0.2) is 48.3 Å². The Morgan fingerprint density at radius 2 is 2.06 bits per heavy atom. The summed E-state index contributed by atoms with van der Waals surface area (Å²) in [6, 6.07) is 0.630. The summed E-state index contributed by atoms with van der Waals surface area (Å²) in [5.74, 6) is 1.31. The maximum absolute atomic E-state index is 10.1. The van der Waals surface area contributed by atoms with Crippen LogP contribution in [0, 0.1) is 11.8 Å². The molecule has 0 aromatic heterocycles. The SMILES string of the molecule is CCNC1CC(CC(O)C2CC2)CN(CC)C1. The lowest BCUT2D eigenvalue weighted by atomic mass is 9.88. The number of aliphatic hydroxyl groups is 1. The van der Waals surface area contributed by atoms with Gasteiger partial charge in [-0.05, 0) is 50.6 Å². The van der Waals surface area contributed by atoms with E-state index in [4.69, 9.17) is 0 Å². The highest BCUT2D eigenvalue weighted by Crippen LogP contribution is 2.36. The summed E-state index contributed by atoms with van der Waals surface area (Å²) in [7, 11) is 0. The number of likely N-dealkylation sites (tertiary alicyclic amines) is 1. The van der Waals surface area contributed by atoms with Crippen molar-refractivity contribution < 1.29 is 5.11 Å². The second-order valence-electron chi connectivity index (χ2n) is 5.85. The number of nitrogens with one attached hydrogen (secondary N) is 1. The highest BCUT2D eigenvalue weighted by atomic mass is 16.3. The summed E-state index contributed by atoms with van der Waals surface area (Å²) in [6.45, 7) is 8.97. The number of hydrogen-bond acceptors (Lipinski definition) is 3. The van der Waals surface area contributed by atoms with Gasteiger partial charge >= 0.3 is 0 Å². The summed E-state index contributed by atoms with van der Waals surface area (Å²) in [6.07, 6.45) is 4.74. The number of aliphatic hydroxyl groups excluding tert-OH is 1. The normalized spacial score (nSPS) is 32.6. The quantitative estimate of drug-likeness (QED) is 0.738. The Morgan fingerprint density at radius 1 is 1.29 bits per heavy atom. The van der Waals surface area contributed by atoms with Crippen molar-refractivity contribution in [3.05, 3.63) is 0 Å². The van der Waals surface area contributed by atoms with E-state index in [0.717, 1.165) is 19.5 Å². The highest BCUT2D eigenvalue weighted by Gasteiger charge is 2.34. The Hall–Kier alpha value is -0.120. The van der Waals surface area contributed by atoms with Crippen LogP contribution in [0.5, 0.6) is 0 Å². The Balaban J connectivity index is 1.82. The van der Waals surface area contributed by atoms with E-state index >= 15 is 0 Å². The second kappa shape index (κ2) is 6.17. The fourth-order valence-corrected chi connectivity index (χ4v) is 3.18. The molecule has 0 spiro atoms. The lowest BCUT2D eigenvalue weighted by Gasteiger charge is -2.38. The summed E-state index contributed by atoms with van der Waals surface area (Å²) < 4.78 is 0. The minimum atomic E-state index is -0.0286. The van der Waals surface area contributed by atoms with Crippen LogP contribution in [0.15, 0.2) is 0 Å². The molecule has 100 valence electrons. The smallest absolute Gasteiger partial charge is 0.0571 e. The van der Waals surface area contributed by atoms with E-state index in [0.29, 0.717) is 17.9 Å². The standard InChI is InChI=1S/C14H28N2O/c1-3-15-13-7-11(9-16(4-2)10-13)8-14(17)12-5-6-12/h11-15,17H,3-10H2,1-2H3. The first-order valence-corrected chi connectivity index (χ1v) is 7.36. The molecule has 1 aliphatic heterocycles. The highest BCUT2D eigenvalue weighted by molar-refractivity contribution is 4.88. The van der Waals surface area contributed by atoms with Crippen molar-refractivity contribution in [3.8, 4) is 0 Å². The fraction of sp³-hybridized carbons (Fsp3) is 1.00. The number of likely N-dealkylation sites (N-methyl/N-ethyl adjacent to an activating group) is 2. The first-order chi connectivity index (χ1) is 8.22. The predicted molar refractivity (Wildman–Crippen MR) is 71.0 cm³/mol. The van der Waals surface area contributed by atoms with E-state index in [9.17, 15) is 5.11 Å². The van der Waals surface area contributed by atoms with Gasteiger partial charge in [0.05, 0.1) is 6.10 Å². The molecule has 2 aliphatic rings. The van der Waals surface area contributed by atoms with Crippen molar-refractivity contribution >= 4 is 0 Å². The van der Waals surface area contributed by atoms with Crippen molar-refractivity contribution in [3.63, 3.8) is 0 Å². The van der Waals surface area contributed by atoms with Crippen LogP contribution in [0.25, 0.3) is 0 Å². The van der Waals surface area contributed by atoms with Crippen molar-refractivity contribution in [2.75, 3.05) is 26.2 Å². The molecule has 0 radical (unpaired) electrons. The van der Waals surface area contributed by atoms with Crippen LogP contribution >= 0.6 is 0 Å². The van der Waals surface area contributed by atoms with Gasteiger partial charge in [0.25, 0.3) is 0 Å². The molecule has 3 unspecified atom stereocenters. The van der Waals surface area contributed by atoms with E-state index in [1.807, 2.05) is 0 Å². The molecule has 3 atom stereocenters. The first-order valence-electron chi connectivity index (χ1n) is 7.36. The van der Waals surface area contributed by atoms with E-state index in [2.05, 4.69) is 24.1 Å². The van der Waals surface area contributed by atoms with Crippen molar-refractivity contribution in [2.24, 2.45) is 11.8 Å². The van der Waals surface area contributed by atoms with Gasteiger partial charge in [-0.25, -0.2) is 0 Å². The van der Waals surface area contributed by atoms with Crippen molar-refractivity contribution in [1.29, 1.82) is 0 Å². The molecular formula is C14H28N2O. The Bertz CT molecular complexity index is 230. The molecule has 1 heterocycles. The Labute approximate surface area is 106 Å². The average molecular weight is 240 g/mol. The zero-order valence-corrected chi connectivity index (χ0v) is 11.4. The predicted octanol–water partition coefficient (Wildman–Crippen LogP) is 1.47. The summed E-state index contributed by atoms with van der Waals surface area (Å²) in [5, 5.41) is 13.7. The number of rotatable bonds is 6. The van der Waals surface area contributed by atoms with Gasteiger partial charge in [0.2, 0.25) is 0 Å². The molecule has 2 fully saturated rings. The van der Waals surface area contributed by atoms with Gasteiger partial charge in [-0.1, -0.05) is 13.8 Å². The molecule has 1 saturated carbocycles. The van der Waals surface area contributed by atoms with Crippen LogP contribution < -0.4 is 5.32 Å². The fourth-order valence-electron chi connectivity index (χ4n) is 3.18. The second-order valence-corrected chi connectivity index (χ2v) is 5.85. The third-order valence-corrected chi connectivity index (χ3v) is 4.29. The average Bonchev–Trinajstić information content (AvgIpc) is 3.12. The Morgan fingerprint density at radius 3 is 2.65 bits per heavy atom. The van der Waals surface area contributed by atoms with Gasteiger partial charge in [0.1, 0.15) is 0 Å². The lowest BCUT2D eigenvalue weighted by molar-refractivity contribution is 0.0772. The number of piperidine rings is 1.